The van der Waals surface area contributed by atoms with E-state index in [1.807, 2.05) is 24.3 Å². The molecule has 3 aromatic rings. The largest absolute Gasteiger partial charge is 0.424 e. The first-order chi connectivity index (χ1) is 12.8. The summed E-state index contributed by atoms with van der Waals surface area (Å²) in [5, 5.41) is 22.3. The highest BCUT2D eigenvalue weighted by Gasteiger charge is 2.37. The molecule has 0 saturated heterocycles. The summed E-state index contributed by atoms with van der Waals surface area (Å²) in [5.74, 6) is 2.21. The molecule has 0 unspecified atom stereocenters. The standard InChI is InChI=1S/C18H21N5O3/c24-14-8-11(17-22-21-16-10-25-6-5-23(16)17)7-12(14)9-19-18-20-13-3-1-2-4-15(13)26-18/h1-4,11-12,14,24H,5-10H2,(H,19,20)/t11-,12+,14+/m0/s1. The van der Waals surface area contributed by atoms with Gasteiger partial charge in [0.05, 0.1) is 12.7 Å². The Morgan fingerprint density at radius 2 is 2.15 bits per heavy atom. The predicted molar refractivity (Wildman–Crippen MR) is 93.6 cm³/mol. The van der Waals surface area contributed by atoms with Crippen LogP contribution in [0, 0.1) is 5.92 Å². The van der Waals surface area contributed by atoms with E-state index in [9.17, 15) is 5.11 Å². The average Bonchev–Trinajstić information content (AvgIpc) is 3.35. The molecule has 1 aliphatic carbocycles. The summed E-state index contributed by atoms with van der Waals surface area (Å²) in [4.78, 5) is 4.43. The fourth-order valence-corrected chi connectivity index (χ4v) is 4.02. The molecule has 1 saturated carbocycles. The van der Waals surface area contributed by atoms with Crippen LogP contribution < -0.4 is 5.32 Å². The van der Waals surface area contributed by atoms with Gasteiger partial charge in [-0.05, 0) is 25.0 Å². The number of oxazole rings is 1. The van der Waals surface area contributed by atoms with Crippen LogP contribution in [-0.2, 0) is 17.9 Å². The van der Waals surface area contributed by atoms with Crippen LogP contribution in [0.2, 0.25) is 0 Å². The molecule has 1 aliphatic heterocycles. The molecule has 3 atom stereocenters. The highest BCUT2D eigenvalue weighted by atomic mass is 16.5. The minimum atomic E-state index is -0.371. The van der Waals surface area contributed by atoms with Crippen LogP contribution in [0.5, 0.6) is 0 Å². The first-order valence-corrected chi connectivity index (χ1v) is 9.05. The van der Waals surface area contributed by atoms with E-state index in [0.29, 0.717) is 32.2 Å². The lowest BCUT2D eigenvalue weighted by Crippen LogP contribution is -2.21. The van der Waals surface area contributed by atoms with Crippen molar-refractivity contribution in [1.82, 2.24) is 19.7 Å². The number of rotatable bonds is 4. The van der Waals surface area contributed by atoms with Crippen molar-refractivity contribution >= 4 is 17.1 Å². The summed E-state index contributed by atoms with van der Waals surface area (Å²) in [6.45, 7) is 2.62. The van der Waals surface area contributed by atoms with Crippen molar-refractivity contribution in [2.24, 2.45) is 5.92 Å². The Labute approximate surface area is 150 Å². The summed E-state index contributed by atoms with van der Waals surface area (Å²) >= 11 is 0. The minimum absolute atomic E-state index is 0.128. The van der Waals surface area contributed by atoms with Crippen LogP contribution in [0.1, 0.15) is 30.4 Å². The number of hydrogen-bond donors (Lipinski definition) is 2. The maximum atomic E-state index is 10.5. The van der Waals surface area contributed by atoms with Crippen LogP contribution in [0.15, 0.2) is 28.7 Å². The van der Waals surface area contributed by atoms with Crippen molar-refractivity contribution in [1.29, 1.82) is 0 Å². The lowest BCUT2D eigenvalue weighted by Gasteiger charge is -2.18. The van der Waals surface area contributed by atoms with Gasteiger partial charge in [0.2, 0.25) is 0 Å². The van der Waals surface area contributed by atoms with Gasteiger partial charge in [-0.2, -0.15) is 4.98 Å². The number of nitrogens with one attached hydrogen (secondary N) is 1. The number of anilines is 1. The molecular weight excluding hydrogens is 334 g/mol. The van der Waals surface area contributed by atoms with E-state index >= 15 is 0 Å². The molecule has 3 heterocycles. The Kier molecular flexibility index (Phi) is 3.86. The fourth-order valence-electron chi connectivity index (χ4n) is 4.02. The number of para-hydroxylation sites is 2. The highest BCUT2D eigenvalue weighted by Crippen LogP contribution is 2.38. The van der Waals surface area contributed by atoms with Gasteiger partial charge in [0.1, 0.15) is 17.9 Å². The first kappa shape index (κ1) is 15.8. The smallest absolute Gasteiger partial charge is 0.295 e. The molecule has 2 aliphatic rings. The molecule has 2 aromatic heterocycles. The van der Waals surface area contributed by atoms with Gasteiger partial charge < -0.3 is 24.1 Å². The van der Waals surface area contributed by atoms with Crippen molar-refractivity contribution in [3.8, 4) is 0 Å². The van der Waals surface area contributed by atoms with Crippen LogP contribution in [0.4, 0.5) is 6.01 Å². The van der Waals surface area contributed by atoms with E-state index < -0.39 is 0 Å². The van der Waals surface area contributed by atoms with Crippen LogP contribution in [0.25, 0.3) is 11.1 Å². The Hall–Kier alpha value is -2.45. The third-order valence-corrected chi connectivity index (χ3v) is 5.38. The third-order valence-electron chi connectivity index (χ3n) is 5.38. The molecule has 0 spiro atoms. The first-order valence-electron chi connectivity index (χ1n) is 9.05. The van der Waals surface area contributed by atoms with Crippen LogP contribution >= 0.6 is 0 Å². The molecule has 136 valence electrons. The van der Waals surface area contributed by atoms with E-state index in [0.717, 1.165) is 35.7 Å². The molecule has 26 heavy (non-hydrogen) atoms. The number of aromatic nitrogens is 4. The number of fused-ring (bicyclic) bond motifs is 2. The quantitative estimate of drug-likeness (QED) is 0.738. The van der Waals surface area contributed by atoms with Crippen molar-refractivity contribution in [2.75, 3.05) is 18.5 Å². The molecule has 2 N–H and O–H groups in total. The molecule has 5 rings (SSSR count). The summed E-state index contributed by atoms with van der Waals surface area (Å²) < 4.78 is 13.3. The van der Waals surface area contributed by atoms with E-state index in [-0.39, 0.29) is 17.9 Å². The molecule has 1 aromatic carbocycles. The Morgan fingerprint density at radius 1 is 1.23 bits per heavy atom. The molecule has 0 amide bonds. The van der Waals surface area contributed by atoms with Gasteiger partial charge in [0.15, 0.2) is 11.4 Å². The second kappa shape index (κ2) is 6.37. The lowest BCUT2D eigenvalue weighted by molar-refractivity contribution is 0.0801. The third kappa shape index (κ3) is 2.75. The number of aliphatic hydroxyl groups is 1. The monoisotopic (exact) mass is 355 g/mol. The molecule has 1 fully saturated rings. The zero-order valence-corrected chi connectivity index (χ0v) is 14.3. The molecular formula is C18H21N5O3. The molecule has 0 radical (unpaired) electrons. The van der Waals surface area contributed by atoms with Gasteiger partial charge in [-0.3, -0.25) is 0 Å². The van der Waals surface area contributed by atoms with Gasteiger partial charge in [0, 0.05) is 24.9 Å². The molecule has 0 bridgehead atoms. The van der Waals surface area contributed by atoms with Gasteiger partial charge in [-0.25, -0.2) is 0 Å². The van der Waals surface area contributed by atoms with E-state index in [2.05, 4.69) is 25.1 Å². The van der Waals surface area contributed by atoms with Gasteiger partial charge in [-0.1, -0.05) is 12.1 Å². The van der Waals surface area contributed by atoms with Gasteiger partial charge in [0.25, 0.3) is 6.01 Å². The topological polar surface area (TPSA) is 98.2 Å². The second-order valence-corrected chi connectivity index (χ2v) is 7.04. The van der Waals surface area contributed by atoms with Crippen molar-refractivity contribution < 1.29 is 14.3 Å². The maximum absolute atomic E-state index is 10.5. The summed E-state index contributed by atoms with van der Waals surface area (Å²) in [6, 6.07) is 8.17. The zero-order chi connectivity index (χ0) is 17.5. The Bertz CT molecular complexity index is 888. The molecule has 8 nitrogen and oxygen atoms in total. The van der Waals surface area contributed by atoms with Gasteiger partial charge in [-0.15, -0.1) is 10.2 Å². The fraction of sp³-hybridized carbons (Fsp3) is 0.500. The predicted octanol–water partition coefficient (Wildman–Crippen LogP) is 1.92. The summed E-state index contributed by atoms with van der Waals surface area (Å²) in [7, 11) is 0. The number of ether oxygens (including phenoxy) is 1. The zero-order valence-electron chi connectivity index (χ0n) is 14.3. The van der Waals surface area contributed by atoms with E-state index in [1.165, 1.54) is 0 Å². The minimum Gasteiger partial charge on any atom is -0.424 e. The molecule has 8 heteroatoms. The summed E-state index contributed by atoms with van der Waals surface area (Å²) in [6.07, 6.45) is 1.20. The maximum Gasteiger partial charge on any atom is 0.295 e. The highest BCUT2D eigenvalue weighted by molar-refractivity contribution is 5.74. The van der Waals surface area contributed by atoms with E-state index in [4.69, 9.17) is 9.15 Å². The van der Waals surface area contributed by atoms with Crippen molar-refractivity contribution in [3.63, 3.8) is 0 Å². The van der Waals surface area contributed by atoms with Crippen LogP contribution in [-0.4, -0.2) is 44.1 Å². The number of hydrogen-bond acceptors (Lipinski definition) is 7. The second-order valence-electron chi connectivity index (χ2n) is 7.04. The summed E-state index contributed by atoms with van der Waals surface area (Å²) in [5.41, 5.74) is 1.59. The Morgan fingerprint density at radius 3 is 3.08 bits per heavy atom. The normalized spacial score (nSPS) is 25.5. The average molecular weight is 355 g/mol. The van der Waals surface area contributed by atoms with Crippen molar-refractivity contribution in [2.45, 2.75) is 38.0 Å². The number of aliphatic hydroxyl groups excluding tert-OH is 1. The number of benzene rings is 1. The van der Waals surface area contributed by atoms with E-state index in [1.54, 1.807) is 0 Å². The van der Waals surface area contributed by atoms with Crippen molar-refractivity contribution in [3.05, 3.63) is 35.9 Å². The van der Waals surface area contributed by atoms with Gasteiger partial charge >= 0.3 is 0 Å². The lowest BCUT2D eigenvalue weighted by atomic mass is 10.0. The Balaban J connectivity index is 1.26. The van der Waals surface area contributed by atoms with Crippen LogP contribution in [0.3, 0.4) is 0 Å². The number of nitrogens with zero attached hydrogens (tertiary/aromatic N) is 4. The SMILES string of the molecule is O[C@@H]1C[C@@H](c2nnc3n2CCOC3)C[C@@H]1CNc1nc2ccccc2o1.